The summed E-state index contributed by atoms with van der Waals surface area (Å²) in [5, 5.41) is 13.0. The Hall–Kier alpha value is -2.27. The van der Waals surface area contributed by atoms with Gasteiger partial charge in [-0.25, -0.2) is 8.78 Å². The maximum atomic E-state index is 13.3. The zero-order chi connectivity index (χ0) is 18.0. The second-order valence-corrected chi connectivity index (χ2v) is 6.61. The monoisotopic (exact) mass is 345 g/mol. The molecule has 3 rings (SSSR count). The third-order valence-electron chi connectivity index (χ3n) is 4.84. The van der Waals surface area contributed by atoms with Crippen LogP contribution in [-0.4, -0.2) is 17.1 Å². The van der Waals surface area contributed by atoms with Crippen molar-refractivity contribution in [3.63, 3.8) is 0 Å². The van der Waals surface area contributed by atoms with Crippen LogP contribution >= 0.6 is 0 Å². The second-order valence-electron chi connectivity index (χ2n) is 6.61. The number of rotatable bonds is 5. The quantitative estimate of drug-likeness (QED) is 0.869. The first-order chi connectivity index (χ1) is 12.0. The Morgan fingerprint density at radius 3 is 2.76 bits per heavy atom. The van der Waals surface area contributed by atoms with Gasteiger partial charge in [0.25, 0.3) is 0 Å². The molecule has 3 nitrogen and oxygen atoms in total. The van der Waals surface area contributed by atoms with Gasteiger partial charge < -0.3 is 10.4 Å². The number of hydrogen-bond acceptors (Lipinski definition) is 2. The second kappa shape index (κ2) is 7.31. The number of aliphatic hydroxyl groups excluding tert-OH is 1. The zero-order valence-corrected chi connectivity index (χ0v) is 14.0. The number of carbonyl (C=O) groups excluding carboxylic acids is 1. The standard InChI is InChI=1S/C20H21F2NO2/c1-12(20(25)15-8-9-17(21)18(22)10-15)23-19(24)11-14-7-6-13-4-2-3-5-16(13)14/h2-5,8-10,12,14,20,25H,6-7,11H2,1H3,(H,23,24). The van der Waals surface area contributed by atoms with Crippen LogP contribution in [0.1, 0.15) is 48.5 Å². The SMILES string of the molecule is CC(NC(=O)CC1CCc2ccccc21)C(O)c1ccc(F)c(F)c1. The van der Waals surface area contributed by atoms with Gasteiger partial charge in [0.05, 0.1) is 12.1 Å². The molecule has 0 saturated heterocycles. The van der Waals surface area contributed by atoms with E-state index in [0.29, 0.717) is 6.42 Å². The number of fused-ring (bicyclic) bond motifs is 1. The lowest BCUT2D eigenvalue weighted by molar-refractivity contribution is -0.122. The molecule has 1 aliphatic rings. The Morgan fingerprint density at radius 1 is 1.24 bits per heavy atom. The molecule has 3 unspecified atom stereocenters. The first kappa shape index (κ1) is 17.5. The van der Waals surface area contributed by atoms with Crippen LogP contribution in [0.5, 0.6) is 0 Å². The lowest BCUT2D eigenvalue weighted by Gasteiger charge is -2.22. The molecular weight excluding hydrogens is 324 g/mol. The summed E-state index contributed by atoms with van der Waals surface area (Å²) in [6.07, 6.45) is 1.16. The van der Waals surface area contributed by atoms with Crippen LogP contribution in [0, 0.1) is 11.6 Å². The van der Waals surface area contributed by atoms with E-state index in [1.807, 2.05) is 12.1 Å². The van der Waals surface area contributed by atoms with Crippen LogP contribution in [0.25, 0.3) is 0 Å². The normalized spacial score (nSPS) is 18.5. The molecule has 0 aliphatic heterocycles. The van der Waals surface area contributed by atoms with Gasteiger partial charge in [-0.15, -0.1) is 0 Å². The lowest BCUT2D eigenvalue weighted by atomic mass is 9.97. The topological polar surface area (TPSA) is 49.3 Å². The van der Waals surface area contributed by atoms with Gasteiger partial charge in [-0.05, 0) is 54.5 Å². The number of halogens is 2. The molecule has 0 heterocycles. The Labute approximate surface area is 145 Å². The minimum Gasteiger partial charge on any atom is -0.386 e. The molecule has 25 heavy (non-hydrogen) atoms. The van der Waals surface area contributed by atoms with E-state index in [9.17, 15) is 18.7 Å². The van der Waals surface area contributed by atoms with E-state index in [-0.39, 0.29) is 17.4 Å². The van der Waals surface area contributed by atoms with Gasteiger partial charge in [0.1, 0.15) is 0 Å². The van der Waals surface area contributed by atoms with Crippen molar-refractivity contribution in [2.45, 2.75) is 44.2 Å². The van der Waals surface area contributed by atoms with Crippen molar-refractivity contribution in [3.05, 3.63) is 70.8 Å². The van der Waals surface area contributed by atoms with Crippen molar-refractivity contribution < 1.29 is 18.7 Å². The summed E-state index contributed by atoms with van der Waals surface area (Å²) >= 11 is 0. The fourth-order valence-electron chi connectivity index (χ4n) is 3.46. The van der Waals surface area contributed by atoms with Crippen molar-refractivity contribution in [1.29, 1.82) is 0 Å². The molecule has 0 spiro atoms. The van der Waals surface area contributed by atoms with E-state index in [0.717, 1.165) is 25.0 Å². The minimum absolute atomic E-state index is 0.157. The third kappa shape index (κ3) is 3.87. The van der Waals surface area contributed by atoms with Crippen LogP contribution in [0.15, 0.2) is 42.5 Å². The maximum absolute atomic E-state index is 13.3. The molecular formula is C20H21F2NO2. The molecule has 1 amide bonds. The smallest absolute Gasteiger partial charge is 0.220 e. The lowest BCUT2D eigenvalue weighted by Crippen LogP contribution is -2.37. The largest absolute Gasteiger partial charge is 0.386 e. The summed E-state index contributed by atoms with van der Waals surface area (Å²) in [6.45, 7) is 1.65. The van der Waals surface area contributed by atoms with Crippen molar-refractivity contribution in [1.82, 2.24) is 5.32 Å². The molecule has 0 saturated carbocycles. The highest BCUT2D eigenvalue weighted by atomic mass is 19.2. The number of hydrogen-bond donors (Lipinski definition) is 2. The molecule has 0 fully saturated rings. The first-order valence-corrected chi connectivity index (χ1v) is 8.46. The molecule has 2 N–H and O–H groups in total. The van der Waals surface area contributed by atoms with Crippen molar-refractivity contribution in [3.8, 4) is 0 Å². The van der Waals surface area contributed by atoms with Crippen LogP contribution in [0.4, 0.5) is 8.78 Å². The summed E-state index contributed by atoms with van der Waals surface area (Å²) in [7, 11) is 0. The average Bonchev–Trinajstić information content (AvgIpc) is 2.99. The molecule has 0 radical (unpaired) electrons. The highest BCUT2D eigenvalue weighted by molar-refractivity contribution is 5.77. The molecule has 5 heteroatoms. The van der Waals surface area contributed by atoms with Crippen LogP contribution in [0.3, 0.4) is 0 Å². The zero-order valence-electron chi connectivity index (χ0n) is 14.0. The number of amides is 1. The predicted octanol–water partition coefficient (Wildman–Crippen LogP) is 3.62. The third-order valence-corrected chi connectivity index (χ3v) is 4.84. The number of benzene rings is 2. The Bertz CT molecular complexity index is 778. The van der Waals surface area contributed by atoms with E-state index < -0.39 is 23.8 Å². The van der Waals surface area contributed by atoms with E-state index in [1.54, 1.807) is 6.92 Å². The van der Waals surface area contributed by atoms with Gasteiger partial charge in [-0.1, -0.05) is 30.3 Å². The van der Waals surface area contributed by atoms with Crippen molar-refractivity contribution in [2.24, 2.45) is 0 Å². The fourth-order valence-corrected chi connectivity index (χ4v) is 3.46. The van der Waals surface area contributed by atoms with Gasteiger partial charge >= 0.3 is 0 Å². The summed E-state index contributed by atoms with van der Waals surface area (Å²) < 4.78 is 26.3. The summed E-state index contributed by atoms with van der Waals surface area (Å²) in [4.78, 5) is 12.3. The molecule has 2 aromatic carbocycles. The predicted molar refractivity (Wildman–Crippen MR) is 91.0 cm³/mol. The molecule has 132 valence electrons. The molecule has 0 bridgehead atoms. The van der Waals surface area contributed by atoms with Crippen LogP contribution < -0.4 is 5.32 Å². The highest BCUT2D eigenvalue weighted by Crippen LogP contribution is 2.35. The number of aliphatic hydroxyl groups is 1. The fraction of sp³-hybridized carbons (Fsp3) is 0.350. The first-order valence-electron chi connectivity index (χ1n) is 8.46. The van der Waals surface area contributed by atoms with E-state index in [2.05, 4.69) is 17.4 Å². The number of aryl methyl sites for hydroxylation is 1. The van der Waals surface area contributed by atoms with Gasteiger partial charge in [-0.2, -0.15) is 0 Å². The Balaban J connectivity index is 1.60. The molecule has 1 aliphatic carbocycles. The summed E-state index contributed by atoms with van der Waals surface area (Å²) in [5.41, 5.74) is 2.74. The van der Waals surface area contributed by atoms with Crippen LogP contribution in [-0.2, 0) is 11.2 Å². The highest BCUT2D eigenvalue weighted by Gasteiger charge is 2.26. The van der Waals surface area contributed by atoms with E-state index >= 15 is 0 Å². The summed E-state index contributed by atoms with van der Waals surface area (Å²) in [6, 6.07) is 10.8. The average molecular weight is 345 g/mol. The molecule has 0 aromatic heterocycles. The minimum atomic E-state index is -1.10. The Kier molecular flexibility index (Phi) is 5.13. The maximum Gasteiger partial charge on any atom is 0.220 e. The van der Waals surface area contributed by atoms with Crippen molar-refractivity contribution >= 4 is 5.91 Å². The van der Waals surface area contributed by atoms with E-state index in [4.69, 9.17) is 0 Å². The van der Waals surface area contributed by atoms with E-state index in [1.165, 1.54) is 17.2 Å². The van der Waals surface area contributed by atoms with Crippen LogP contribution in [0.2, 0.25) is 0 Å². The van der Waals surface area contributed by atoms with Gasteiger partial charge in [-0.3, -0.25) is 4.79 Å². The van der Waals surface area contributed by atoms with Gasteiger partial charge in [0.15, 0.2) is 11.6 Å². The number of carbonyl (C=O) groups is 1. The molecule has 3 atom stereocenters. The Morgan fingerprint density at radius 2 is 2.00 bits per heavy atom. The van der Waals surface area contributed by atoms with Gasteiger partial charge in [0.2, 0.25) is 5.91 Å². The number of nitrogens with one attached hydrogen (secondary N) is 1. The summed E-state index contributed by atoms with van der Waals surface area (Å²) in [5.74, 6) is -1.95. The van der Waals surface area contributed by atoms with Crippen molar-refractivity contribution in [2.75, 3.05) is 0 Å². The van der Waals surface area contributed by atoms with Gasteiger partial charge in [0, 0.05) is 6.42 Å². The molecule has 2 aromatic rings.